The number of ether oxygens (including phenoxy) is 2. The highest BCUT2D eigenvalue weighted by Crippen LogP contribution is 2.35. The molecule has 1 N–H and O–H groups in total. The number of hydrogen-bond acceptors (Lipinski definition) is 4. The maximum absolute atomic E-state index is 10.9. The van der Waals surface area contributed by atoms with E-state index in [1.165, 1.54) is 0 Å². The van der Waals surface area contributed by atoms with Crippen LogP contribution in [0.3, 0.4) is 0 Å². The Balaban J connectivity index is 2.09. The second-order valence-electron chi connectivity index (χ2n) is 5.38. The van der Waals surface area contributed by atoms with Crippen LogP contribution in [0.15, 0.2) is 16.6 Å². The van der Waals surface area contributed by atoms with Gasteiger partial charge in [-0.15, -0.1) is 0 Å². The van der Waals surface area contributed by atoms with E-state index in [9.17, 15) is 4.79 Å². The Bertz CT molecular complexity index is 521. The van der Waals surface area contributed by atoms with Crippen molar-refractivity contribution in [3.8, 4) is 11.5 Å². The van der Waals surface area contributed by atoms with Crippen molar-refractivity contribution in [2.24, 2.45) is 5.92 Å². The third kappa shape index (κ3) is 4.35. The summed E-state index contributed by atoms with van der Waals surface area (Å²) in [6, 6.07) is 3.89. The summed E-state index contributed by atoms with van der Waals surface area (Å²) in [5.41, 5.74) is 1.05. The van der Waals surface area contributed by atoms with Crippen LogP contribution in [0.5, 0.6) is 11.5 Å². The molecule has 0 saturated heterocycles. The van der Waals surface area contributed by atoms with E-state index in [1.807, 2.05) is 24.1 Å². The molecule has 6 heteroatoms. The van der Waals surface area contributed by atoms with Gasteiger partial charge < -0.3 is 19.5 Å². The van der Waals surface area contributed by atoms with E-state index in [4.69, 9.17) is 14.6 Å². The van der Waals surface area contributed by atoms with Crippen LogP contribution >= 0.6 is 15.9 Å². The van der Waals surface area contributed by atoms with Crippen LogP contribution in [0.4, 0.5) is 0 Å². The zero-order chi connectivity index (χ0) is 15.4. The largest absolute Gasteiger partial charge is 0.490 e. The van der Waals surface area contributed by atoms with Gasteiger partial charge in [-0.3, -0.25) is 4.79 Å². The lowest BCUT2D eigenvalue weighted by atomic mass is 10.1. The molecule has 0 saturated carbocycles. The van der Waals surface area contributed by atoms with Gasteiger partial charge in [0.05, 0.1) is 19.1 Å². The summed E-state index contributed by atoms with van der Waals surface area (Å²) >= 11 is 3.55. The first-order valence-corrected chi connectivity index (χ1v) is 7.76. The van der Waals surface area contributed by atoms with Gasteiger partial charge in [-0.2, -0.15) is 0 Å². The molecular formula is C15H20BrNO4. The molecule has 0 radical (unpaired) electrons. The van der Waals surface area contributed by atoms with Crippen LogP contribution in [0.25, 0.3) is 0 Å². The minimum absolute atomic E-state index is 0.394. The van der Waals surface area contributed by atoms with Crippen molar-refractivity contribution in [1.82, 2.24) is 4.90 Å². The first-order valence-electron chi connectivity index (χ1n) is 6.96. The van der Waals surface area contributed by atoms with Gasteiger partial charge in [0.25, 0.3) is 0 Å². The van der Waals surface area contributed by atoms with Crippen LogP contribution < -0.4 is 9.47 Å². The van der Waals surface area contributed by atoms with Crippen molar-refractivity contribution in [2.75, 3.05) is 26.8 Å². The first kappa shape index (κ1) is 16.1. The lowest BCUT2D eigenvalue weighted by Gasteiger charge is -2.20. The molecule has 21 heavy (non-hydrogen) atoms. The van der Waals surface area contributed by atoms with Crippen molar-refractivity contribution < 1.29 is 19.4 Å². The fourth-order valence-electron chi connectivity index (χ4n) is 2.25. The molecule has 2 rings (SSSR count). The molecule has 1 unspecified atom stereocenters. The highest BCUT2D eigenvalue weighted by molar-refractivity contribution is 9.10. The van der Waals surface area contributed by atoms with Crippen molar-refractivity contribution in [3.05, 3.63) is 22.2 Å². The number of hydrogen-bond donors (Lipinski definition) is 1. The molecule has 0 aliphatic carbocycles. The van der Waals surface area contributed by atoms with Gasteiger partial charge >= 0.3 is 5.97 Å². The van der Waals surface area contributed by atoms with E-state index < -0.39 is 11.9 Å². The first-order chi connectivity index (χ1) is 9.97. The van der Waals surface area contributed by atoms with Crippen molar-refractivity contribution in [2.45, 2.75) is 19.9 Å². The zero-order valence-corrected chi connectivity index (χ0v) is 13.9. The van der Waals surface area contributed by atoms with Gasteiger partial charge in [0.2, 0.25) is 0 Å². The normalized spacial score (nSPS) is 15.6. The number of carboxylic acid groups (broad SMARTS) is 1. The van der Waals surface area contributed by atoms with Gasteiger partial charge in [-0.1, -0.05) is 22.9 Å². The quantitative estimate of drug-likeness (QED) is 0.877. The number of rotatable bonds is 5. The molecule has 0 fully saturated rings. The van der Waals surface area contributed by atoms with E-state index in [-0.39, 0.29) is 0 Å². The monoisotopic (exact) mass is 357 g/mol. The van der Waals surface area contributed by atoms with Crippen LogP contribution in [0.1, 0.15) is 18.9 Å². The minimum Gasteiger partial charge on any atom is -0.490 e. The molecule has 1 aromatic carbocycles. The highest BCUT2D eigenvalue weighted by Gasteiger charge is 2.17. The van der Waals surface area contributed by atoms with E-state index in [2.05, 4.69) is 15.9 Å². The van der Waals surface area contributed by atoms with Crippen LogP contribution in [-0.4, -0.2) is 42.8 Å². The molecule has 0 bridgehead atoms. The molecule has 0 amide bonds. The Morgan fingerprint density at radius 3 is 2.62 bits per heavy atom. The summed E-state index contributed by atoms with van der Waals surface area (Å²) in [5.74, 6) is 0.337. The summed E-state index contributed by atoms with van der Waals surface area (Å²) in [7, 11) is 1.91. The Kier molecular flexibility index (Phi) is 5.47. The lowest BCUT2D eigenvalue weighted by molar-refractivity contribution is -0.141. The predicted octanol–water partition coefficient (Wildman–Crippen LogP) is 2.76. The number of aliphatic carboxylic acids is 1. The average molecular weight is 358 g/mol. The summed E-state index contributed by atoms with van der Waals surface area (Å²) in [5, 5.41) is 8.97. The summed E-state index contributed by atoms with van der Waals surface area (Å²) < 4.78 is 12.3. The zero-order valence-electron chi connectivity index (χ0n) is 12.3. The molecule has 5 nitrogen and oxygen atoms in total. The maximum Gasteiger partial charge on any atom is 0.307 e. The Hall–Kier alpha value is -1.27. The predicted molar refractivity (Wildman–Crippen MR) is 82.9 cm³/mol. The summed E-state index contributed by atoms with van der Waals surface area (Å²) in [6.07, 6.45) is 0.873. The van der Waals surface area contributed by atoms with Crippen LogP contribution in [-0.2, 0) is 11.3 Å². The van der Waals surface area contributed by atoms with E-state index >= 15 is 0 Å². The van der Waals surface area contributed by atoms with Crippen LogP contribution in [0, 0.1) is 5.92 Å². The SMILES string of the molecule is CC(CN(C)Cc1cc2c(cc1Br)OCCCO2)C(=O)O. The highest BCUT2D eigenvalue weighted by atomic mass is 79.9. The van der Waals surface area contributed by atoms with Gasteiger partial charge in [-0.25, -0.2) is 0 Å². The Labute approximate surface area is 133 Å². The second kappa shape index (κ2) is 7.13. The number of benzene rings is 1. The van der Waals surface area contributed by atoms with Crippen molar-refractivity contribution in [3.63, 3.8) is 0 Å². The smallest absolute Gasteiger partial charge is 0.307 e. The molecule has 116 valence electrons. The van der Waals surface area contributed by atoms with Crippen molar-refractivity contribution in [1.29, 1.82) is 0 Å². The fourth-order valence-corrected chi connectivity index (χ4v) is 2.70. The number of carboxylic acids is 1. The second-order valence-corrected chi connectivity index (χ2v) is 6.23. The Morgan fingerprint density at radius 2 is 2.00 bits per heavy atom. The molecular weight excluding hydrogens is 338 g/mol. The topological polar surface area (TPSA) is 59.0 Å². The number of fused-ring (bicyclic) bond motifs is 1. The van der Waals surface area contributed by atoms with Crippen LogP contribution in [0.2, 0.25) is 0 Å². The molecule has 1 atom stereocenters. The lowest BCUT2D eigenvalue weighted by Crippen LogP contribution is -2.28. The third-order valence-electron chi connectivity index (χ3n) is 3.36. The van der Waals surface area contributed by atoms with E-state index in [1.54, 1.807) is 6.92 Å². The molecule has 0 aromatic heterocycles. The fraction of sp³-hybridized carbons (Fsp3) is 0.533. The molecule has 1 aliphatic rings. The minimum atomic E-state index is -0.778. The molecule has 1 heterocycles. The number of carbonyl (C=O) groups is 1. The standard InChI is InChI=1S/C15H20BrNO4/c1-10(15(18)19)8-17(2)9-11-6-13-14(7-12(11)16)21-5-3-4-20-13/h6-7,10H,3-5,8-9H2,1-2H3,(H,18,19). The van der Waals surface area contributed by atoms with Gasteiger partial charge in [0, 0.05) is 24.0 Å². The molecule has 1 aromatic rings. The number of nitrogens with zero attached hydrogens (tertiary/aromatic N) is 1. The maximum atomic E-state index is 10.9. The van der Waals surface area contributed by atoms with Gasteiger partial charge in [0.1, 0.15) is 0 Å². The van der Waals surface area contributed by atoms with E-state index in [0.717, 1.165) is 28.0 Å². The van der Waals surface area contributed by atoms with Crippen molar-refractivity contribution >= 4 is 21.9 Å². The van der Waals surface area contributed by atoms with Gasteiger partial charge in [0.15, 0.2) is 11.5 Å². The third-order valence-corrected chi connectivity index (χ3v) is 4.10. The number of halogens is 1. The van der Waals surface area contributed by atoms with E-state index in [0.29, 0.717) is 26.3 Å². The summed E-state index contributed by atoms with van der Waals surface area (Å²) in [6.45, 7) is 4.17. The Morgan fingerprint density at radius 1 is 1.38 bits per heavy atom. The molecule has 1 aliphatic heterocycles. The molecule has 0 spiro atoms. The summed E-state index contributed by atoms with van der Waals surface area (Å²) in [4.78, 5) is 12.9. The van der Waals surface area contributed by atoms with Gasteiger partial charge in [-0.05, 0) is 24.7 Å². The average Bonchev–Trinajstić information content (AvgIpc) is 2.63.